The largest absolute Gasteiger partial charge is 0.468 e. The molecule has 0 spiro atoms. The van der Waals surface area contributed by atoms with Gasteiger partial charge in [0.25, 0.3) is 5.91 Å². The molecule has 28 heavy (non-hydrogen) atoms. The van der Waals surface area contributed by atoms with Crippen LogP contribution in [0.3, 0.4) is 0 Å². The van der Waals surface area contributed by atoms with E-state index < -0.39 is 10.0 Å². The van der Waals surface area contributed by atoms with Crippen LogP contribution in [0.4, 0.5) is 0 Å². The van der Waals surface area contributed by atoms with Crippen molar-refractivity contribution in [2.75, 3.05) is 33.7 Å². The van der Waals surface area contributed by atoms with E-state index in [1.54, 1.807) is 18.4 Å². The highest BCUT2D eigenvalue weighted by molar-refractivity contribution is 7.89. The monoisotopic (exact) mass is 405 g/mol. The highest BCUT2D eigenvalue weighted by atomic mass is 32.2. The van der Waals surface area contributed by atoms with Crippen LogP contribution in [0.15, 0.2) is 52.0 Å². The Morgan fingerprint density at radius 1 is 1.14 bits per heavy atom. The van der Waals surface area contributed by atoms with Gasteiger partial charge >= 0.3 is 0 Å². The van der Waals surface area contributed by atoms with Gasteiger partial charge in [-0.25, -0.2) is 8.42 Å². The van der Waals surface area contributed by atoms with E-state index in [9.17, 15) is 13.2 Å². The Kier molecular flexibility index (Phi) is 6.53. The van der Waals surface area contributed by atoms with Crippen molar-refractivity contribution >= 4 is 15.9 Å². The summed E-state index contributed by atoms with van der Waals surface area (Å²) in [5.74, 6) is 0.522. The van der Waals surface area contributed by atoms with Gasteiger partial charge in [-0.05, 0) is 63.3 Å². The molecule has 0 radical (unpaired) electrons. The number of furan rings is 1. The summed E-state index contributed by atoms with van der Waals surface area (Å²) in [6, 6.07) is 9.74. The van der Waals surface area contributed by atoms with Gasteiger partial charge in [0, 0.05) is 25.2 Å². The molecule has 0 saturated carbocycles. The summed E-state index contributed by atoms with van der Waals surface area (Å²) in [6.45, 7) is 1.50. The van der Waals surface area contributed by atoms with Gasteiger partial charge in [0.05, 0.1) is 17.2 Å². The normalized spacial score (nSPS) is 16.8. The van der Waals surface area contributed by atoms with Crippen molar-refractivity contribution < 1.29 is 17.6 Å². The van der Waals surface area contributed by atoms with Crippen LogP contribution in [0.1, 0.15) is 41.4 Å². The first-order valence-corrected chi connectivity index (χ1v) is 10.9. The van der Waals surface area contributed by atoms with E-state index in [1.165, 1.54) is 16.4 Å². The van der Waals surface area contributed by atoms with Crippen LogP contribution in [-0.4, -0.2) is 57.3 Å². The molecular formula is C20H27N3O4S. The number of hydrogen-bond acceptors (Lipinski definition) is 5. The van der Waals surface area contributed by atoms with Crippen LogP contribution in [0.5, 0.6) is 0 Å². The first-order chi connectivity index (χ1) is 13.4. The average Bonchev–Trinajstić information content (AvgIpc) is 3.23. The number of sulfonamides is 1. The number of nitrogens with one attached hydrogen (secondary N) is 1. The lowest BCUT2D eigenvalue weighted by atomic mass is 10.2. The lowest BCUT2D eigenvalue weighted by Crippen LogP contribution is -2.35. The molecule has 8 heteroatoms. The number of rotatable bonds is 7. The molecule has 3 rings (SSSR count). The third-order valence-electron chi connectivity index (χ3n) is 5.02. The Hall–Kier alpha value is -2.16. The van der Waals surface area contributed by atoms with Crippen molar-refractivity contribution in [2.45, 2.75) is 30.2 Å². The number of nitrogens with zero attached hydrogens (tertiary/aromatic N) is 2. The molecule has 2 heterocycles. The van der Waals surface area contributed by atoms with Crippen LogP contribution in [0.25, 0.3) is 0 Å². The molecule has 1 aromatic carbocycles. The minimum Gasteiger partial charge on any atom is -0.468 e. The van der Waals surface area contributed by atoms with Gasteiger partial charge in [-0.15, -0.1) is 0 Å². The summed E-state index contributed by atoms with van der Waals surface area (Å²) < 4.78 is 32.4. The van der Waals surface area contributed by atoms with Crippen LogP contribution >= 0.6 is 0 Å². The number of benzene rings is 1. The van der Waals surface area contributed by atoms with E-state index in [2.05, 4.69) is 5.32 Å². The second-order valence-electron chi connectivity index (χ2n) is 7.19. The molecule has 1 aliphatic heterocycles. The molecule has 152 valence electrons. The van der Waals surface area contributed by atoms with Gasteiger partial charge in [-0.1, -0.05) is 6.42 Å². The van der Waals surface area contributed by atoms with Crippen LogP contribution in [0.2, 0.25) is 0 Å². The SMILES string of the molecule is CN(C)[C@@H](CNC(=O)c1ccc(S(=O)(=O)N2CCCCC2)cc1)c1ccco1. The molecule has 0 aliphatic carbocycles. The molecule has 1 fully saturated rings. The van der Waals surface area contributed by atoms with Crippen molar-refractivity contribution in [1.29, 1.82) is 0 Å². The Labute approximate surface area is 166 Å². The van der Waals surface area contributed by atoms with E-state index >= 15 is 0 Å². The van der Waals surface area contributed by atoms with Crippen molar-refractivity contribution in [1.82, 2.24) is 14.5 Å². The van der Waals surface area contributed by atoms with Crippen molar-refractivity contribution in [3.05, 3.63) is 54.0 Å². The van der Waals surface area contributed by atoms with Gasteiger partial charge in [0.15, 0.2) is 0 Å². The summed E-state index contributed by atoms with van der Waals surface area (Å²) in [6.07, 6.45) is 4.46. The number of carbonyl (C=O) groups is 1. The fraction of sp³-hybridized carbons (Fsp3) is 0.450. The molecule has 2 aromatic rings. The number of hydrogen-bond donors (Lipinski definition) is 1. The fourth-order valence-corrected chi connectivity index (χ4v) is 4.86. The maximum Gasteiger partial charge on any atom is 0.251 e. The topological polar surface area (TPSA) is 82.9 Å². The lowest BCUT2D eigenvalue weighted by Gasteiger charge is -2.26. The number of carbonyl (C=O) groups excluding carboxylic acids is 1. The van der Waals surface area contributed by atoms with Crippen molar-refractivity contribution in [3.8, 4) is 0 Å². The lowest BCUT2D eigenvalue weighted by molar-refractivity contribution is 0.0939. The fourth-order valence-electron chi connectivity index (χ4n) is 3.34. The first kappa shape index (κ1) is 20.6. The highest BCUT2D eigenvalue weighted by Crippen LogP contribution is 2.21. The second-order valence-corrected chi connectivity index (χ2v) is 9.13. The maximum atomic E-state index is 12.7. The summed E-state index contributed by atoms with van der Waals surface area (Å²) in [7, 11) is 0.344. The van der Waals surface area contributed by atoms with Gasteiger partial charge in [0.1, 0.15) is 5.76 Å². The molecule has 1 atom stereocenters. The molecule has 1 amide bonds. The van der Waals surface area contributed by atoms with E-state index in [-0.39, 0.29) is 16.8 Å². The zero-order chi connectivity index (χ0) is 20.1. The van der Waals surface area contributed by atoms with Gasteiger partial charge < -0.3 is 9.73 Å². The Morgan fingerprint density at radius 3 is 2.39 bits per heavy atom. The number of likely N-dealkylation sites (N-methyl/N-ethyl adjacent to an activating group) is 1. The molecule has 0 unspecified atom stereocenters. The van der Waals surface area contributed by atoms with Gasteiger partial charge in [0.2, 0.25) is 10.0 Å². The predicted octanol–water partition coefficient (Wildman–Crippen LogP) is 2.49. The van der Waals surface area contributed by atoms with Crippen LogP contribution < -0.4 is 5.32 Å². The molecule has 1 N–H and O–H groups in total. The van der Waals surface area contributed by atoms with E-state index in [4.69, 9.17) is 4.42 Å². The molecule has 1 saturated heterocycles. The molecule has 1 aliphatic rings. The standard InChI is InChI=1S/C20H27N3O4S/c1-22(2)18(19-7-6-14-27-19)15-21-20(24)16-8-10-17(11-9-16)28(25,26)23-12-4-3-5-13-23/h6-11,14,18H,3-5,12-13,15H2,1-2H3,(H,21,24)/t18-/m0/s1. The van der Waals surface area contributed by atoms with Gasteiger partial charge in [-0.3, -0.25) is 9.69 Å². The average molecular weight is 406 g/mol. The van der Waals surface area contributed by atoms with E-state index in [1.807, 2.05) is 31.1 Å². The van der Waals surface area contributed by atoms with E-state index in [0.29, 0.717) is 25.2 Å². The third-order valence-corrected chi connectivity index (χ3v) is 6.93. The number of amides is 1. The summed E-state index contributed by atoms with van der Waals surface area (Å²) in [4.78, 5) is 14.7. The number of piperidine rings is 1. The Balaban J connectivity index is 1.65. The van der Waals surface area contributed by atoms with E-state index in [0.717, 1.165) is 25.0 Å². The molecule has 7 nitrogen and oxygen atoms in total. The first-order valence-electron chi connectivity index (χ1n) is 9.48. The zero-order valence-electron chi connectivity index (χ0n) is 16.3. The minimum absolute atomic E-state index is 0.0855. The third kappa shape index (κ3) is 4.63. The molecule has 1 aromatic heterocycles. The molecular weight excluding hydrogens is 378 g/mol. The summed E-state index contributed by atoms with van der Waals surface area (Å²) in [5, 5.41) is 2.89. The summed E-state index contributed by atoms with van der Waals surface area (Å²) >= 11 is 0. The minimum atomic E-state index is -3.49. The summed E-state index contributed by atoms with van der Waals surface area (Å²) in [5.41, 5.74) is 0.426. The predicted molar refractivity (Wildman–Crippen MR) is 107 cm³/mol. The van der Waals surface area contributed by atoms with Gasteiger partial charge in [-0.2, -0.15) is 4.31 Å². The van der Waals surface area contributed by atoms with Crippen LogP contribution in [-0.2, 0) is 10.0 Å². The van der Waals surface area contributed by atoms with Crippen LogP contribution in [0, 0.1) is 0 Å². The highest BCUT2D eigenvalue weighted by Gasteiger charge is 2.26. The zero-order valence-corrected chi connectivity index (χ0v) is 17.1. The van der Waals surface area contributed by atoms with Crippen molar-refractivity contribution in [3.63, 3.8) is 0 Å². The Bertz CT molecular complexity index is 871. The Morgan fingerprint density at radius 2 is 1.82 bits per heavy atom. The quantitative estimate of drug-likeness (QED) is 0.765. The smallest absolute Gasteiger partial charge is 0.251 e. The second kappa shape index (κ2) is 8.89. The maximum absolute atomic E-state index is 12.7. The van der Waals surface area contributed by atoms with Crippen molar-refractivity contribution in [2.24, 2.45) is 0 Å². The molecule has 0 bridgehead atoms.